The molecule has 0 aromatic heterocycles. The first kappa shape index (κ1) is 33.8. The van der Waals surface area contributed by atoms with Crippen LogP contribution in [0.5, 0.6) is 0 Å². The summed E-state index contributed by atoms with van der Waals surface area (Å²) in [5.41, 5.74) is 26.5. The molecule has 0 saturated heterocycles. The maximum absolute atomic E-state index is 13.0. The fourth-order valence-corrected chi connectivity index (χ4v) is 2.98. The number of aliphatic imine (C=N–C) groups is 2. The highest BCUT2D eigenvalue weighted by molar-refractivity contribution is 5.94. The maximum Gasteiger partial charge on any atom is 0.326 e. The van der Waals surface area contributed by atoms with Crippen LogP contribution >= 0.6 is 0 Å². The van der Waals surface area contributed by atoms with Crippen molar-refractivity contribution in [2.75, 3.05) is 19.7 Å². The second-order valence-electron chi connectivity index (χ2n) is 8.14. The largest absolute Gasteiger partial charge is 0.481 e. The van der Waals surface area contributed by atoms with E-state index >= 15 is 0 Å². The fraction of sp³-hybridized carbons (Fsp3) is 0.650. The molecule has 0 aliphatic heterocycles. The molecule has 0 fully saturated rings. The van der Waals surface area contributed by atoms with Gasteiger partial charge in [-0.3, -0.25) is 29.2 Å². The molecule has 4 unspecified atom stereocenters. The molecule has 18 nitrogen and oxygen atoms in total. The lowest BCUT2D eigenvalue weighted by atomic mass is 10.1. The van der Waals surface area contributed by atoms with Gasteiger partial charge in [-0.2, -0.15) is 0 Å². The number of nitrogens with one attached hydrogen (secondary N) is 3. The molecule has 0 spiro atoms. The highest BCUT2D eigenvalue weighted by Crippen LogP contribution is 2.06. The van der Waals surface area contributed by atoms with Crippen molar-refractivity contribution in [2.24, 2.45) is 38.7 Å². The minimum absolute atomic E-state index is 0.0249. The number of carbonyl (C=O) groups excluding carboxylic acids is 3. The van der Waals surface area contributed by atoms with Crippen LogP contribution in [0.3, 0.4) is 0 Å². The summed E-state index contributed by atoms with van der Waals surface area (Å²) >= 11 is 0. The lowest BCUT2D eigenvalue weighted by Gasteiger charge is -2.25. The standard InChI is InChI=1S/C20H38N10O8/c21-10(9-31)15(34)28-12(5-6-14(32)33)17(36)29-11(3-1-7-26-19(22)23)16(35)30-13(18(37)38)4-2-8-27-20(24)25/h10-13,31H,1-9,21H2,(H,28,34)(H,29,36)(H,30,35)(H,32,33)(H,37,38)(H4,22,23,26)(H4,24,25,27). The quantitative estimate of drug-likeness (QED) is 0.0410. The Labute approximate surface area is 218 Å². The number of carbonyl (C=O) groups is 5. The molecule has 0 rings (SSSR count). The second kappa shape index (κ2) is 18.1. The van der Waals surface area contributed by atoms with Crippen LogP contribution in [0.2, 0.25) is 0 Å². The molecule has 0 radical (unpaired) electrons. The molecular weight excluding hydrogens is 508 g/mol. The summed E-state index contributed by atoms with van der Waals surface area (Å²) in [7, 11) is 0. The number of aliphatic carboxylic acids is 2. The van der Waals surface area contributed by atoms with Gasteiger partial charge in [0.1, 0.15) is 24.2 Å². The third-order valence-corrected chi connectivity index (χ3v) is 4.95. The van der Waals surface area contributed by atoms with Gasteiger partial charge in [0.05, 0.1) is 6.61 Å². The second-order valence-corrected chi connectivity index (χ2v) is 8.14. The molecule has 16 N–H and O–H groups in total. The number of nitrogens with two attached hydrogens (primary N) is 5. The van der Waals surface area contributed by atoms with Crippen LogP contribution in [0.25, 0.3) is 0 Å². The van der Waals surface area contributed by atoms with E-state index in [2.05, 4.69) is 25.9 Å². The molecule has 38 heavy (non-hydrogen) atoms. The molecule has 216 valence electrons. The van der Waals surface area contributed by atoms with E-state index in [1.165, 1.54) is 0 Å². The van der Waals surface area contributed by atoms with E-state index in [0.29, 0.717) is 0 Å². The summed E-state index contributed by atoms with van der Waals surface area (Å²) in [6, 6.07) is -5.42. The predicted molar refractivity (Wildman–Crippen MR) is 135 cm³/mol. The van der Waals surface area contributed by atoms with E-state index in [-0.39, 0.29) is 57.1 Å². The number of aliphatic hydroxyl groups excluding tert-OH is 1. The van der Waals surface area contributed by atoms with Crippen LogP contribution in [-0.4, -0.2) is 101 Å². The zero-order chi connectivity index (χ0) is 29.3. The van der Waals surface area contributed by atoms with Gasteiger partial charge < -0.3 is 59.9 Å². The van der Waals surface area contributed by atoms with Gasteiger partial charge in [-0.1, -0.05) is 0 Å². The lowest BCUT2D eigenvalue weighted by molar-refractivity contribution is -0.142. The van der Waals surface area contributed by atoms with Crippen molar-refractivity contribution in [2.45, 2.75) is 62.7 Å². The molecule has 0 aliphatic rings. The Morgan fingerprint density at radius 3 is 1.53 bits per heavy atom. The monoisotopic (exact) mass is 546 g/mol. The highest BCUT2D eigenvalue weighted by atomic mass is 16.4. The average molecular weight is 547 g/mol. The van der Waals surface area contributed by atoms with Gasteiger partial charge >= 0.3 is 11.9 Å². The number of aliphatic hydroxyl groups is 1. The van der Waals surface area contributed by atoms with Crippen LogP contribution in [-0.2, 0) is 24.0 Å². The number of nitrogens with zero attached hydrogens (tertiary/aromatic N) is 2. The summed E-state index contributed by atoms with van der Waals surface area (Å²) in [4.78, 5) is 68.1. The summed E-state index contributed by atoms with van der Waals surface area (Å²) in [6.45, 7) is -0.510. The van der Waals surface area contributed by atoms with E-state index in [4.69, 9.17) is 38.9 Å². The Bertz CT molecular complexity index is 874. The maximum atomic E-state index is 13.0. The van der Waals surface area contributed by atoms with Crippen molar-refractivity contribution in [3.63, 3.8) is 0 Å². The van der Waals surface area contributed by atoms with Crippen molar-refractivity contribution in [1.29, 1.82) is 0 Å². The van der Waals surface area contributed by atoms with E-state index in [0.717, 1.165) is 0 Å². The Balaban J connectivity index is 5.64. The molecule has 0 bridgehead atoms. The highest BCUT2D eigenvalue weighted by Gasteiger charge is 2.30. The number of hydrogen-bond acceptors (Lipinski definition) is 9. The van der Waals surface area contributed by atoms with Crippen LogP contribution < -0.4 is 44.6 Å². The lowest BCUT2D eigenvalue weighted by Crippen LogP contribution is -2.57. The van der Waals surface area contributed by atoms with Crippen LogP contribution in [0, 0.1) is 0 Å². The summed E-state index contributed by atoms with van der Waals surface area (Å²) < 4.78 is 0. The Morgan fingerprint density at radius 1 is 0.684 bits per heavy atom. The average Bonchev–Trinajstić information content (AvgIpc) is 2.83. The molecule has 18 heteroatoms. The first-order valence-corrected chi connectivity index (χ1v) is 11.6. The van der Waals surface area contributed by atoms with E-state index < -0.39 is 66.9 Å². The molecule has 0 aromatic carbocycles. The summed E-state index contributed by atoms with van der Waals surface area (Å²) in [5.74, 6) is -5.65. The Morgan fingerprint density at radius 2 is 1.11 bits per heavy atom. The smallest absolute Gasteiger partial charge is 0.326 e. The zero-order valence-corrected chi connectivity index (χ0v) is 20.8. The van der Waals surface area contributed by atoms with Crippen molar-refractivity contribution in [1.82, 2.24) is 16.0 Å². The summed E-state index contributed by atoms with van der Waals surface area (Å²) in [6.07, 6.45) is -0.501. The molecule has 4 atom stereocenters. The molecular formula is C20H38N10O8. The molecule has 3 amide bonds. The number of amides is 3. The minimum atomic E-state index is -1.42. The number of guanidine groups is 2. The predicted octanol–water partition coefficient (Wildman–Crippen LogP) is -5.18. The van der Waals surface area contributed by atoms with Crippen molar-refractivity contribution in [3.05, 3.63) is 0 Å². The minimum Gasteiger partial charge on any atom is -0.481 e. The summed E-state index contributed by atoms with van der Waals surface area (Å²) in [5, 5.41) is 34.5. The van der Waals surface area contributed by atoms with Crippen molar-refractivity contribution >= 4 is 41.6 Å². The van der Waals surface area contributed by atoms with Gasteiger partial charge in [0.25, 0.3) is 0 Å². The topological polar surface area (TPSA) is 337 Å². The Hall–Kier alpha value is -4.19. The molecule has 0 saturated carbocycles. The first-order chi connectivity index (χ1) is 17.8. The number of rotatable bonds is 19. The van der Waals surface area contributed by atoms with Gasteiger partial charge in [-0.05, 0) is 32.1 Å². The van der Waals surface area contributed by atoms with Crippen LogP contribution in [0.4, 0.5) is 0 Å². The third kappa shape index (κ3) is 15.0. The SMILES string of the molecule is NC(N)=NCCCC(NC(=O)C(CCCN=C(N)N)NC(=O)C(CCC(=O)O)NC(=O)C(N)CO)C(=O)O. The molecule has 0 aromatic rings. The normalized spacial score (nSPS) is 13.6. The van der Waals surface area contributed by atoms with Crippen LogP contribution in [0.15, 0.2) is 9.98 Å². The third-order valence-electron chi connectivity index (χ3n) is 4.95. The van der Waals surface area contributed by atoms with Gasteiger partial charge in [-0.25, -0.2) is 4.79 Å². The Kier molecular flexibility index (Phi) is 16.1. The van der Waals surface area contributed by atoms with E-state index in [1.54, 1.807) is 0 Å². The van der Waals surface area contributed by atoms with Crippen molar-refractivity contribution < 1.29 is 39.3 Å². The number of carboxylic acids is 2. The number of carboxylic acid groups (broad SMARTS) is 2. The van der Waals surface area contributed by atoms with Gasteiger partial charge in [-0.15, -0.1) is 0 Å². The number of hydrogen-bond donors (Lipinski definition) is 11. The van der Waals surface area contributed by atoms with E-state index in [9.17, 15) is 29.1 Å². The first-order valence-electron chi connectivity index (χ1n) is 11.6. The molecule has 0 aliphatic carbocycles. The fourth-order valence-electron chi connectivity index (χ4n) is 2.98. The van der Waals surface area contributed by atoms with Gasteiger partial charge in [0, 0.05) is 19.5 Å². The van der Waals surface area contributed by atoms with Crippen molar-refractivity contribution in [3.8, 4) is 0 Å². The zero-order valence-electron chi connectivity index (χ0n) is 20.8. The van der Waals surface area contributed by atoms with Gasteiger partial charge in [0.15, 0.2) is 11.9 Å². The van der Waals surface area contributed by atoms with E-state index in [1.807, 2.05) is 0 Å². The van der Waals surface area contributed by atoms with Crippen LogP contribution in [0.1, 0.15) is 38.5 Å². The molecule has 0 heterocycles. The van der Waals surface area contributed by atoms with Gasteiger partial charge in [0.2, 0.25) is 17.7 Å².